The van der Waals surface area contributed by atoms with Crippen molar-refractivity contribution in [3.8, 4) is 0 Å². The van der Waals surface area contributed by atoms with Crippen molar-refractivity contribution in [2.75, 3.05) is 13.2 Å². The van der Waals surface area contributed by atoms with E-state index >= 15 is 0 Å². The molecule has 61 heavy (non-hydrogen) atoms. The fourth-order valence-corrected chi connectivity index (χ4v) is 8.52. The third-order valence-corrected chi connectivity index (χ3v) is 12.6. The minimum Gasteiger partial charge on any atom is -0.457 e. The molecule has 2 saturated carbocycles. The zero-order chi connectivity index (χ0) is 42.2. The molecule has 3 aliphatic rings. The fraction of sp³-hybridized carbons (Fsp3) is 0.404. The molecule has 4 aromatic rings. The summed E-state index contributed by atoms with van der Waals surface area (Å²) in [6, 6.07) is 34.6. The predicted octanol–water partition coefficient (Wildman–Crippen LogP) is 8.51. The maximum atomic E-state index is 12.7. The number of halogens is 2. The number of aliphatic hydroxyl groups is 2. The van der Waals surface area contributed by atoms with Crippen LogP contribution in [-0.4, -0.2) is 98.4 Å². The minimum absolute atomic E-state index is 0. The monoisotopic (exact) mass is 968 g/mol. The summed E-state index contributed by atoms with van der Waals surface area (Å²) in [6.07, 6.45) is -1.77. The number of carbonyl (C=O) groups excluding carboxylic acids is 4. The highest BCUT2D eigenvalue weighted by Crippen LogP contribution is 2.45. The summed E-state index contributed by atoms with van der Waals surface area (Å²) in [7, 11) is 0. The second-order valence-corrected chi connectivity index (χ2v) is 17.4. The third-order valence-electron chi connectivity index (χ3n) is 10.2. The first-order valence-corrected chi connectivity index (χ1v) is 21.0. The van der Waals surface area contributed by atoms with E-state index < -0.39 is 76.7 Å². The van der Waals surface area contributed by atoms with E-state index in [0.717, 1.165) is 0 Å². The van der Waals surface area contributed by atoms with Crippen molar-refractivity contribution in [2.45, 2.75) is 105 Å². The number of hydrogen-bond acceptors (Lipinski definition) is 12. The minimum atomic E-state index is -1.52. The van der Waals surface area contributed by atoms with Crippen molar-refractivity contribution in [2.24, 2.45) is 0 Å². The molecule has 0 bridgehead atoms. The Morgan fingerprint density at radius 2 is 0.836 bits per heavy atom. The Balaban J connectivity index is 0.000000261. The molecule has 1 aliphatic heterocycles. The molecule has 4 aromatic carbocycles. The van der Waals surface area contributed by atoms with E-state index in [9.17, 15) is 29.4 Å². The summed E-state index contributed by atoms with van der Waals surface area (Å²) < 4.78 is 34.9. The van der Waals surface area contributed by atoms with E-state index in [-0.39, 0.29) is 32.5 Å². The van der Waals surface area contributed by atoms with Gasteiger partial charge in [0.2, 0.25) is 0 Å². The molecule has 1 spiro atoms. The van der Waals surface area contributed by atoms with Gasteiger partial charge in [0, 0.05) is 25.7 Å². The number of rotatable bonds is 9. The van der Waals surface area contributed by atoms with Crippen LogP contribution in [0.5, 0.6) is 0 Å². The summed E-state index contributed by atoms with van der Waals surface area (Å²) in [6.45, 7) is 3.49. The average Bonchev–Trinajstić information content (AvgIpc) is 3.55. The Kier molecular flexibility index (Phi) is 17.4. The first-order chi connectivity index (χ1) is 28.2. The lowest BCUT2D eigenvalue weighted by Gasteiger charge is -2.43. The van der Waals surface area contributed by atoms with E-state index in [1.54, 1.807) is 109 Å². The van der Waals surface area contributed by atoms with Crippen molar-refractivity contribution in [3.05, 3.63) is 144 Å². The second kappa shape index (κ2) is 21.6. The molecule has 2 N–H and O–H groups in total. The van der Waals surface area contributed by atoms with Crippen LogP contribution in [0.4, 0.5) is 0 Å². The highest BCUT2D eigenvalue weighted by molar-refractivity contribution is 9.09. The topological polar surface area (TPSA) is 164 Å². The number of benzene rings is 4. The highest BCUT2D eigenvalue weighted by Gasteiger charge is 2.55. The second-order valence-electron chi connectivity index (χ2n) is 15.3. The Morgan fingerprint density at radius 1 is 0.557 bits per heavy atom. The zero-order valence-corrected chi connectivity index (χ0v) is 35.7. The molecule has 4 atom stereocenters. The van der Waals surface area contributed by atoms with Crippen LogP contribution >= 0.6 is 31.9 Å². The lowest BCUT2D eigenvalue weighted by atomic mass is 9.81. The van der Waals surface area contributed by atoms with Gasteiger partial charge in [0.15, 0.2) is 5.79 Å². The van der Waals surface area contributed by atoms with Gasteiger partial charge in [-0.1, -0.05) is 120 Å². The van der Waals surface area contributed by atoms with Gasteiger partial charge in [-0.05, 0) is 62.4 Å². The molecule has 1 heterocycles. The number of hydrogen-bond donors (Lipinski definition) is 2. The van der Waals surface area contributed by atoms with E-state index in [1.165, 1.54) is 0 Å². The largest absolute Gasteiger partial charge is 0.457 e. The summed E-state index contributed by atoms with van der Waals surface area (Å²) in [5.74, 6) is -2.73. The maximum absolute atomic E-state index is 12.7. The van der Waals surface area contributed by atoms with Crippen molar-refractivity contribution in [1.29, 1.82) is 0 Å². The van der Waals surface area contributed by atoms with Gasteiger partial charge in [-0.15, -0.1) is 0 Å². The number of alkyl halides is 2. The van der Waals surface area contributed by atoms with Crippen LogP contribution in [0.1, 0.15) is 95.8 Å². The normalized spacial score (nSPS) is 27.4. The lowest BCUT2D eigenvalue weighted by molar-refractivity contribution is -0.182. The van der Waals surface area contributed by atoms with Crippen LogP contribution in [0.25, 0.3) is 0 Å². The van der Waals surface area contributed by atoms with Crippen molar-refractivity contribution in [3.63, 3.8) is 0 Å². The molecule has 328 valence electrons. The molecular formula is C47H54Br2O12. The highest BCUT2D eigenvalue weighted by atomic mass is 79.9. The number of carbonyl (C=O) groups is 4. The summed E-state index contributed by atoms with van der Waals surface area (Å²) >= 11 is 7.09. The summed E-state index contributed by atoms with van der Waals surface area (Å²) in [5, 5.41) is 20.3. The van der Waals surface area contributed by atoms with Gasteiger partial charge in [-0.3, -0.25) is 0 Å². The van der Waals surface area contributed by atoms with Crippen LogP contribution in [-0.2, 0) is 28.4 Å². The molecule has 14 heteroatoms. The number of aliphatic hydroxyl groups excluding tert-OH is 1. The molecule has 2 aliphatic carbocycles. The van der Waals surface area contributed by atoms with Gasteiger partial charge in [-0.25, -0.2) is 19.2 Å². The fourth-order valence-electron chi connectivity index (χ4n) is 7.34. The maximum Gasteiger partial charge on any atom is 0.338 e. The first kappa shape index (κ1) is 49.2. The van der Waals surface area contributed by atoms with Crippen molar-refractivity contribution in [1.82, 2.24) is 0 Å². The van der Waals surface area contributed by atoms with E-state index in [2.05, 4.69) is 31.9 Å². The van der Waals surface area contributed by atoms with Crippen molar-refractivity contribution < 1.29 is 57.8 Å². The quantitative estimate of drug-likeness (QED) is 0.0936. The van der Waals surface area contributed by atoms with E-state index in [0.29, 0.717) is 41.7 Å². The Bertz CT molecular complexity index is 1910. The van der Waals surface area contributed by atoms with E-state index in [1.807, 2.05) is 26.0 Å². The molecular weight excluding hydrogens is 916 g/mol. The average molecular weight is 971 g/mol. The molecule has 0 radical (unpaired) electrons. The molecule has 12 nitrogen and oxygen atoms in total. The first-order valence-electron chi connectivity index (χ1n) is 19.2. The molecule has 0 aromatic heterocycles. The Hall–Kier alpha value is -4.44. The van der Waals surface area contributed by atoms with Gasteiger partial charge in [0.1, 0.15) is 30.0 Å². The van der Waals surface area contributed by atoms with Gasteiger partial charge >= 0.3 is 23.9 Å². The van der Waals surface area contributed by atoms with Gasteiger partial charge in [0.25, 0.3) is 0 Å². The smallest absolute Gasteiger partial charge is 0.338 e. The molecule has 0 unspecified atom stereocenters. The number of ether oxygens (including phenoxy) is 6. The molecule has 7 rings (SSSR count). The SMILES string of the molecule is C.C.CC1(C)OCC2(C[C@@H](OC(=O)c3ccccc3)C(Br)[C@H](OC(=O)c3ccccc3)C2)O1.O=C(O[C@@H]1CC(O)(CO)C[C@@H](OC(=O)c2ccccc2)C1Br)c1ccccc1. The Morgan fingerprint density at radius 3 is 1.08 bits per heavy atom. The van der Waals surface area contributed by atoms with Gasteiger partial charge in [-0.2, -0.15) is 0 Å². The molecule has 0 amide bonds. The lowest BCUT2D eigenvalue weighted by Crippen LogP contribution is -2.54. The van der Waals surface area contributed by atoms with Gasteiger partial charge in [0.05, 0.1) is 50.7 Å². The third kappa shape index (κ3) is 12.8. The predicted molar refractivity (Wildman–Crippen MR) is 236 cm³/mol. The van der Waals surface area contributed by atoms with Crippen LogP contribution in [0.15, 0.2) is 121 Å². The molecule has 1 saturated heterocycles. The zero-order valence-electron chi connectivity index (χ0n) is 32.5. The molecule has 3 fully saturated rings. The number of esters is 4. The van der Waals surface area contributed by atoms with Gasteiger partial charge < -0.3 is 38.6 Å². The van der Waals surface area contributed by atoms with Crippen LogP contribution < -0.4 is 0 Å². The summed E-state index contributed by atoms with van der Waals surface area (Å²) in [5.41, 5.74) is -0.562. The van der Waals surface area contributed by atoms with Crippen LogP contribution in [0, 0.1) is 0 Å². The van der Waals surface area contributed by atoms with Crippen LogP contribution in [0.2, 0.25) is 0 Å². The van der Waals surface area contributed by atoms with Crippen molar-refractivity contribution >= 4 is 55.7 Å². The standard InChI is InChI=1S/C24H25BrO6.C21H21BrO6.2CH4/c1-23(2)28-15-24(31-23)13-18(29-21(26)16-9-5-3-6-10-16)20(25)19(14-24)30-22(27)17-11-7-4-8-12-17;22-18-16(27-19(24)14-7-3-1-4-8-14)11-21(26,13-23)12-17(18)28-20(25)15-9-5-2-6-10-15;;/h3-12,18-20H,13-15H2,1-2H3;1-10,16-18,23,26H,11-13H2;2*1H4/t18-,19-,20?,24?;16-,17-,18?,21?;;/m11../s1. The summed E-state index contributed by atoms with van der Waals surface area (Å²) in [4.78, 5) is 49.3. The Labute approximate surface area is 374 Å². The van der Waals surface area contributed by atoms with Crippen LogP contribution in [0.3, 0.4) is 0 Å². The van der Waals surface area contributed by atoms with E-state index in [4.69, 9.17) is 28.4 Å².